The third-order valence-electron chi connectivity index (χ3n) is 5.35. The molecule has 3 heterocycles. The Balaban J connectivity index is 1.62. The van der Waals surface area contributed by atoms with E-state index in [9.17, 15) is 9.59 Å². The maximum Gasteiger partial charge on any atom is 0.272 e. The summed E-state index contributed by atoms with van der Waals surface area (Å²) in [5, 5.41) is 11.0. The van der Waals surface area contributed by atoms with Crippen molar-refractivity contribution in [3.63, 3.8) is 0 Å². The van der Waals surface area contributed by atoms with Crippen LogP contribution in [-0.2, 0) is 0 Å². The van der Waals surface area contributed by atoms with E-state index in [2.05, 4.69) is 25.7 Å². The van der Waals surface area contributed by atoms with Gasteiger partial charge in [-0.3, -0.25) is 14.6 Å². The van der Waals surface area contributed by atoms with E-state index in [4.69, 9.17) is 0 Å². The number of fused-ring (bicyclic) bond motifs is 1. The van der Waals surface area contributed by atoms with Crippen LogP contribution in [0.3, 0.4) is 0 Å². The predicted molar refractivity (Wildman–Crippen MR) is 127 cm³/mol. The van der Waals surface area contributed by atoms with E-state index in [0.717, 1.165) is 11.1 Å². The molecule has 0 aliphatic carbocycles. The number of amides is 2. The molecule has 4 rings (SSSR count). The molecule has 2 N–H and O–H groups in total. The van der Waals surface area contributed by atoms with Crippen LogP contribution in [0.1, 0.15) is 64.8 Å². The number of hydrogen-bond donors (Lipinski definition) is 2. The fraction of sp³-hybridized carbons (Fsp3) is 0.240. The largest absolute Gasteiger partial charge is 0.344 e. The lowest BCUT2D eigenvalue weighted by Gasteiger charge is -2.13. The van der Waals surface area contributed by atoms with Gasteiger partial charge in [-0.05, 0) is 63.6 Å². The van der Waals surface area contributed by atoms with Gasteiger partial charge in [0.05, 0.1) is 11.4 Å². The number of benzene rings is 1. The first-order chi connectivity index (χ1) is 15.8. The standard InChI is InChI=1S/C25H26N6O2/c1-15(2)31-23-20(22(30-31)25(33)27-17(4)19-6-5-13-26-14-19)11-12-21(28-23)29-24(32)18-9-7-16(3)8-10-18/h5-15,17H,1-4H3,(H,27,33)(H,28,29,32). The number of rotatable bonds is 6. The predicted octanol–water partition coefficient (Wildman–Crippen LogP) is 4.46. The molecule has 168 valence electrons. The molecule has 0 spiro atoms. The summed E-state index contributed by atoms with van der Waals surface area (Å²) in [6.07, 6.45) is 3.41. The number of pyridine rings is 2. The van der Waals surface area contributed by atoms with Crippen molar-refractivity contribution < 1.29 is 9.59 Å². The smallest absolute Gasteiger partial charge is 0.272 e. The lowest BCUT2D eigenvalue weighted by molar-refractivity contribution is 0.0934. The minimum Gasteiger partial charge on any atom is -0.344 e. The Hall–Kier alpha value is -4.07. The number of carbonyl (C=O) groups excluding carboxylic acids is 2. The van der Waals surface area contributed by atoms with Crippen molar-refractivity contribution in [2.45, 2.75) is 39.8 Å². The second kappa shape index (κ2) is 9.20. The van der Waals surface area contributed by atoms with Crippen LogP contribution in [-0.4, -0.2) is 31.6 Å². The zero-order valence-electron chi connectivity index (χ0n) is 19.0. The fourth-order valence-corrected chi connectivity index (χ4v) is 3.49. The number of hydrogen-bond acceptors (Lipinski definition) is 5. The van der Waals surface area contributed by atoms with Gasteiger partial charge in [0.15, 0.2) is 11.3 Å². The van der Waals surface area contributed by atoms with E-state index in [1.165, 1.54) is 0 Å². The molecule has 2 amide bonds. The molecular formula is C25H26N6O2. The molecule has 8 nitrogen and oxygen atoms in total. The van der Waals surface area contributed by atoms with Crippen molar-refractivity contribution in [1.29, 1.82) is 0 Å². The molecule has 1 atom stereocenters. The number of anilines is 1. The van der Waals surface area contributed by atoms with Gasteiger partial charge in [0, 0.05) is 24.0 Å². The normalized spacial score (nSPS) is 12.0. The molecule has 0 saturated heterocycles. The summed E-state index contributed by atoms with van der Waals surface area (Å²) in [7, 11) is 0. The van der Waals surface area contributed by atoms with Gasteiger partial charge < -0.3 is 10.6 Å². The summed E-state index contributed by atoms with van der Waals surface area (Å²) >= 11 is 0. The van der Waals surface area contributed by atoms with E-state index in [-0.39, 0.29) is 23.9 Å². The average Bonchev–Trinajstić information content (AvgIpc) is 3.19. The molecule has 0 radical (unpaired) electrons. The maximum absolute atomic E-state index is 13.0. The van der Waals surface area contributed by atoms with Gasteiger partial charge in [0.25, 0.3) is 11.8 Å². The molecular weight excluding hydrogens is 416 g/mol. The monoisotopic (exact) mass is 442 g/mol. The lowest BCUT2D eigenvalue weighted by atomic mass is 10.1. The summed E-state index contributed by atoms with van der Waals surface area (Å²) in [6.45, 7) is 7.79. The summed E-state index contributed by atoms with van der Waals surface area (Å²) < 4.78 is 1.69. The van der Waals surface area contributed by atoms with Crippen molar-refractivity contribution in [2.24, 2.45) is 0 Å². The molecule has 33 heavy (non-hydrogen) atoms. The van der Waals surface area contributed by atoms with E-state index in [1.54, 1.807) is 41.3 Å². The lowest BCUT2D eigenvalue weighted by Crippen LogP contribution is -2.27. The highest BCUT2D eigenvalue weighted by Gasteiger charge is 2.22. The second-order valence-corrected chi connectivity index (χ2v) is 8.26. The summed E-state index contributed by atoms with van der Waals surface area (Å²) in [5.74, 6) is -0.153. The topological polar surface area (TPSA) is 102 Å². The van der Waals surface area contributed by atoms with E-state index in [1.807, 2.05) is 52.0 Å². The van der Waals surface area contributed by atoms with Gasteiger partial charge in [-0.25, -0.2) is 9.67 Å². The van der Waals surface area contributed by atoms with Crippen molar-refractivity contribution in [2.75, 3.05) is 5.32 Å². The molecule has 4 aromatic rings. The third kappa shape index (κ3) is 4.74. The first kappa shape index (κ1) is 22.1. The van der Waals surface area contributed by atoms with Crippen molar-refractivity contribution >= 4 is 28.7 Å². The molecule has 0 fully saturated rings. The first-order valence-electron chi connectivity index (χ1n) is 10.8. The van der Waals surface area contributed by atoms with Crippen LogP contribution in [0.25, 0.3) is 11.0 Å². The molecule has 3 aromatic heterocycles. The molecule has 0 saturated carbocycles. The SMILES string of the molecule is Cc1ccc(C(=O)Nc2ccc3c(C(=O)NC(C)c4cccnc4)nn(C(C)C)c3n2)cc1. The highest BCUT2D eigenvalue weighted by molar-refractivity contribution is 6.06. The van der Waals surface area contributed by atoms with Gasteiger partial charge in [0.2, 0.25) is 0 Å². The Morgan fingerprint density at radius 1 is 0.970 bits per heavy atom. The van der Waals surface area contributed by atoms with E-state index >= 15 is 0 Å². The molecule has 0 aliphatic rings. The number of aromatic nitrogens is 4. The van der Waals surface area contributed by atoms with Crippen molar-refractivity contribution in [1.82, 2.24) is 25.1 Å². The first-order valence-corrected chi connectivity index (χ1v) is 10.8. The van der Waals surface area contributed by atoms with Crippen molar-refractivity contribution in [3.05, 3.63) is 83.3 Å². The molecule has 8 heteroatoms. The van der Waals surface area contributed by atoms with Crippen LogP contribution in [0, 0.1) is 6.92 Å². The Morgan fingerprint density at radius 2 is 1.73 bits per heavy atom. The van der Waals surface area contributed by atoms with Crippen LogP contribution >= 0.6 is 0 Å². The molecule has 0 aliphatic heterocycles. The van der Waals surface area contributed by atoms with Gasteiger partial charge in [-0.2, -0.15) is 5.10 Å². The molecule has 1 unspecified atom stereocenters. The van der Waals surface area contributed by atoms with Gasteiger partial charge in [-0.1, -0.05) is 23.8 Å². The Bertz CT molecular complexity index is 1300. The van der Waals surface area contributed by atoms with E-state index in [0.29, 0.717) is 28.1 Å². The third-order valence-corrected chi connectivity index (χ3v) is 5.35. The number of aryl methyl sites for hydroxylation is 1. The Kier molecular flexibility index (Phi) is 6.17. The number of nitrogens with one attached hydrogen (secondary N) is 2. The van der Waals surface area contributed by atoms with Crippen LogP contribution in [0.2, 0.25) is 0 Å². The second-order valence-electron chi connectivity index (χ2n) is 8.26. The number of carbonyl (C=O) groups is 2. The fourth-order valence-electron chi connectivity index (χ4n) is 3.49. The highest BCUT2D eigenvalue weighted by Crippen LogP contribution is 2.23. The minimum absolute atomic E-state index is 0.0275. The zero-order chi connectivity index (χ0) is 23.5. The Morgan fingerprint density at radius 3 is 2.39 bits per heavy atom. The van der Waals surface area contributed by atoms with Crippen LogP contribution in [0.5, 0.6) is 0 Å². The quantitative estimate of drug-likeness (QED) is 0.459. The average molecular weight is 443 g/mol. The van der Waals surface area contributed by atoms with Gasteiger partial charge in [0.1, 0.15) is 5.82 Å². The van der Waals surface area contributed by atoms with Crippen LogP contribution < -0.4 is 10.6 Å². The van der Waals surface area contributed by atoms with Crippen LogP contribution in [0.4, 0.5) is 5.82 Å². The molecule has 1 aromatic carbocycles. The highest BCUT2D eigenvalue weighted by atomic mass is 16.2. The van der Waals surface area contributed by atoms with Crippen molar-refractivity contribution in [3.8, 4) is 0 Å². The van der Waals surface area contributed by atoms with E-state index < -0.39 is 0 Å². The molecule has 0 bridgehead atoms. The minimum atomic E-state index is -0.297. The summed E-state index contributed by atoms with van der Waals surface area (Å²) in [4.78, 5) is 34.4. The van der Waals surface area contributed by atoms with Crippen LogP contribution in [0.15, 0.2) is 60.9 Å². The Labute approximate surface area is 192 Å². The zero-order valence-corrected chi connectivity index (χ0v) is 19.0. The summed E-state index contributed by atoms with van der Waals surface area (Å²) in [5.41, 5.74) is 3.35. The van der Waals surface area contributed by atoms with Gasteiger partial charge >= 0.3 is 0 Å². The van der Waals surface area contributed by atoms with Gasteiger partial charge in [-0.15, -0.1) is 0 Å². The maximum atomic E-state index is 13.0. The summed E-state index contributed by atoms with van der Waals surface area (Å²) in [6, 6.07) is 14.2. The number of nitrogens with zero attached hydrogens (tertiary/aromatic N) is 4.